The lowest BCUT2D eigenvalue weighted by atomic mass is 10.3. The van der Waals surface area contributed by atoms with Gasteiger partial charge in [-0.15, -0.1) is 0 Å². The number of pyridine rings is 1. The second-order valence-corrected chi connectivity index (χ2v) is 4.76. The lowest BCUT2D eigenvalue weighted by Gasteiger charge is -2.27. The summed E-state index contributed by atoms with van der Waals surface area (Å²) >= 11 is 0. The van der Waals surface area contributed by atoms with Crippen LogP contribution in [0.25, 0.3) is 5.65 Å². The Morgan fingerprint density at radius 3 is 3.05 bits per heavy atom. The van der Waals surface area contributed by atoms with Crippen molar-refractivity contribution in [2.45, 2.75) is 6.42 Å². The molecule has 0 bridgehead atoms. The monoisotopic (exact) mass is 274 g/mol. The van der Waals surface area contributed by atoms with Crippen LogP contribution < -0.4 is 10.1 Å². The van der Waals surface area contributed by atoms with E-state index >= 15 is 0 Å². The van der Waals surface area contributed by atoms with Gasteiger partial charge in [0.25, 0.3) is 0 Å². The first-order valence-electron chi connectivity index (χ1n) is 6.87. The fourth-order valence-corrected chi connectivity index (χ4v) is 2.36. The summed E-state index contributed by atoms with van der Waals surface area (Å²) in [5.74, 6) is 0.868. The number of hydrogen-bond donors (Lipinski definition) is 1. The average Bonchev–Trinajstić information content (AvgIpc) is 2.97. The van der Waals surface area contributed by atoms with Gasteiger partial charge < -0.3 is 19.4 Å². The van der Waals surface area contributed by atoms with E-state index in [4.69, 9.17) is 4.74 Å². The van der Waals surface area contributed by atoms with Crippen LogP contribution in [0.15, 0.2) is 30.7 Å². The predicted molar refractivity (Wildman–Crippen MR) is 74.8 cm³/mol. The molecular weight excluding hydrogens is 256 g/mol. The molecule has 1 amide bonds. The molecule has 0 atom stereocenters. The molecular formula is C14H18N4O2. The second kappa shape index (κ2) is 5.92. The van der Waals surface area contributed by atoms with E-state index in [0.717, 1.165) is 31.8 Å². The van der Waals surface area contributed by atoms with Gasteiger partial charge in [0.2, 0.25) is 5.91 Å². The Kier molecular flexibility index (Phi) is 3.83. The van der Waals surface area contributed by atoms with Crippen molar-refractivity contribution in [3.05, 3.63) is 30.7 Å². The Labute approximate surface area is 117 Å². The number of imidazole rings is 1. The average molecular weight is 274 g/mol. The van der Waals surface area contributed by atoms with E-state index < -0.39 is 0 Å². The standard InChI is InChI=1S/C14H18N4O2/c19-13(17-8-4-15-5-9-17)3-11-20-12-2-1-7-18-10-6-16-14(12)18/h1-2,6-7,10,15H,3-5,8-9,11H2. The molecule has 1 fully saturated rings. The number of rotatable bonds is 4. The van der Waals surface area contributed by atoms with Gasteiger partial charge >= 0.3 is 0 Å². The van der Waals surface area contributed by atoms with Crippen molar-refractivity contribution in [3.8, 4) is 5.75 Å². The lowest BCUT2D eigenvalue weighted by Crippen LogP contribution is -2.46. The molecule has 3 rings (SSSR count). The van der Waals surface area contributed by atoms with Gasteiger partial charge in [0.1, 0.15) is 0 Å². The summed E-state index contributed by atoms with van der Waals surface area (Å²) in [7, 11) is 0. The number of piperazine rings is 1. The molecule has 0 saturated carbocycles. The first kappa shape index (κ1) is 12.9. The van der Waals surface area contributed by atoms with Crippen LogP contribution >= 0.6 is 0 Å². The topological polar surface area (TPSA) is 58.9 Å². The number of ether oxygens (including phenoxy) is 1. The number of fused-ring (bicyclic) bond motifs is 1. The summed E-state index contributed by atoms with van der Waals surface area (Å²) in [6, 6.07) is 3.78. The third-order valence-corrected chi connectivity index (χ3v) is 3.43. The Morgan fingerprint density at radius 1 is 1.35 bits per heavy atom. The van der Waals surface area contributed by atoms with Gasteiger partial charge in [-0.2, -0.15) is 0 Å². The predicted octanol–water partition coefficient (Wildman–Crippen LogP) is 0.535. The highest BCUT2D eigenvalue weighted by Gasteiger charge is 2.16. The molecule has 0 unspecified atom stereocenters. The first-order valence-corrected chi connectivity index (χ1v) is 6.87. The number of carbonyl (C=O) groups excluding carboxylic acids is 1. The van der Waals surface area contributed by atoms with Crippen LogP contribution in [-0.2, 0) is 4.79 Å². The molecule has 1 aliphatic rings. The van der Waals surface area contributed by atoms with Gasteiger partial charge in [0, 0.05) is 44.8 Å². The Bertz CT molecular complexity index is 590. The zero-order valence-corrected chi connectivity index (χ0v) is 11.3. The summed E-state index contributed by atoms with van der Waals surface area (Å²) in [4.78, 5) is 18.1. The normalized spacial score (nSPS) is 15.5. The molecule has 20 heavy (non-hydrogen) atoms. The van der Waals surface area contributed by atoms with Crippen molar-refractivity contribution in [1.82, 2.24) is 19.6 Å². The zero-order valence-electron chi connectivity index (χ0n) is 11.3. The third-order valence-electron chi connectivity index (χ3n) is 3.43. The van der Waals surface area contributed by atoms with Gasteiger partial charge in [-0.3, -0.25) is 4.79 Å². The maximum Gasteiger partial charge on any atom is 0.226 e. The highest BCUT2D eigenvalue weighted by molar-refractivity contribution is 5.76. The summed E-state index contributed by atoms with van der Waals surface area (Å²) in [5.41, 5.74) is 0.780. The minimum Gasteiger partial charge on any atom is -0.489 e. The maximum absolute atomic E-state index is 12.0. The molecule has 2 aromatic heterocycles. The van der Waals surface area contributed by atoms with Crippen LogP contribution in [-0.4, -0.2) is 53.0 Å². The second-order valence-electron chi connectivity index (χ2n) is 4.76. The van der Waals surface area contributed by atoms with Crippen LogP contribution in [0.4, 0.5) is 0 Å². The van der Waals surface area contributed by atoms with Crippen molar-refractivity contribution >= 4 is 11.6 Å². The van der Waals surface area contributed by atoms with Crippen molar-refractivity contribution in [1.29, 1.82) is 0 Å². The largest absolute Gasteiger partial charge is 0.489 e. The molecule has 6 nitrogen and oxygen atoms in total. The minimum atomic E-state index is 0.154. The van der Waals surface area contributed by atoms with E-state index in [2.05, 4.69) is 10.3 Å². The van der Waals surface area contributed by atoms with Crippen LogP contribution in [0.1, 0.15) is 6.42 Å². The van der Waals surface area contributed by atoms with Crippen LogP contribution in [0.2, 0.25) is 0 Å². The number of nitrogens with zero attached hydrogens (tertiary/aromatic N) is 3. The van der Waals surface area contributed by atoms with Gasteiger partial charge in [-0.1, -0.05) is 0 Å². The molecule has 106 valence electrons. The number of amides is 1. The van der Waals surface area contributed by atoms with Crippen LogP contribution in [0, 0.1) is 0 Å². The highest BCUT2D eigenvalue weighted by atomic mass is 16.5. The fraction of sp³-hybridized carbons (Fsp3) is 0.429. The summed E-state index contributed by atoms with van der Waals surface area (Å²) in [5, 5.41) is 3.23. The van der Waals surface area contributed by atoms with E-state index in [1.54, 1.807) is 6.20 Å². The first-order chi connectivity index (χ1) is 9.84. The van der Waals surface area contributed by atoms with E-state index in [9.17, 15) is 4.79 Å². The van der Waals surface area contributed by atoms with Gasteiger partial charge in [0.15, 0.2) is 11.4 Å². The molecule has 0 radical (unpaired) electrons. The summed E-state index contributed by atoms with van der Waals surface area (Å²) < 4.78 is 7.59. The molecule has 1 aliphatic heterocycles. The Morgan fingerprint density at radius 2 is 2.20 bits per heavy atom. The Balaban J connectivity index is 1.54. The smallest absolute Gasteiger partial charge is 0.226 e. The molecule has 1 N–H and O–H groups in total. The molecule has 0 aromatic carbocycles. The zero-order chi connectivity index (χ0) is 13.8. The highest BCUT2D eigenvalue weighted by Crippen LogP contribution is 2.17. The van der Waals surface area contributed by atoms with E-state index in [1.807, 2.05) is 33.8 Å². The number of hydrogen-bond acceptors (Lipinski definition) is 4. The molecule has 1 saturated heterocycles. The van der Waals surface area contributed by atoms with Crippen molar-refractivity contribution in [3.63, 3.8) is 0 Å². The molecule has 0 spiro atoms. The quantitative estimate of drug-likeness (QED) is 0.884. The van der Waals surface area contributed by atoms with Crippen molar-refractivity contribution in [2.24, 2.45) is 0 Å². The molecule has 0 aliphatic carbocycles. The Hall–Kier alpha value is -2.08. The van der Waals surface area contributed by atoms with Gasteiger partial charge in [0.05, 0.1) is 13.0 Å². The van der Waals surface area contributed by atoms with Crippen molar-refractivity contribution in [2.75, 3.05) is 32.8 Å². The summed E-state index contributed by atoms with van der Waals surface area (Å²) in [6.45, 7) is 3.71. The number of nitrogens with one attached hydrogen (secondary N) is 1. The van der Waals surface area contributed by atoms with Gasteiger partial charge in [-0.05, 0) is 12.1 Å². The van der Waals surface area contributed by atoms with Crippen LogP contribution in [0.3, 0.4) is 0 Å². The van der Waals surface area contributed by atoms with E-state index in [0.29, 0.717) is 18.8 Å². The van der Waals surface area contributed by atoms with Crippen molar-refractivity contribution < 1.29 is 9.53 Å². The third kappa shape index (κ3) is 2.75. The fourth-order valence-electron chi connectivity index (χ4n) is 2.36. The van der Waals surface area contributed by atoms with Crippen LogP contribution in [0.5, 0.6) is 5.75 Å². The molecule has 3 heterocycles. The SMILES string of the molecule is O=C(CCOc1cccn2ccnc12)N1CCNCC1. The minimum absolute atomic E-state index is 0.154. The lowest BCUT2D eigenvalue weighted by molar-refractivity contribution is -0.132. The molecule has 2 aromatic rings. The number of carbonyl (C=O) groups is 1. The van der Waals surface area contributed by atoms with E-state index in [-0.39, 0.29) is 5.91 Å². The van der Waals surface area contributed by atoms with Gasteiger partial charge in [-0.25, -0.2) is 4.98 Å². The summed E-state index contributed by atoms with van der Waals surface area (Å²) in [6.07, 6.45) is 5.92. The maximum atomic E-state index is 12.0. The number of aromatic nitrogens is 2. The van der Waals surface area contributed by atoms with E-state index in [1.165, 1.54) is 0 Å². The molecule has 6 heteroatoms.